The van der Waals surface area contributed by atoms with E-state index in [1.165, 1.54) is 0 Å². The van der Waals surface area contributed by atoms with Crippen molar-refractivity contribution in [3.63, 3.8) is 0 Å². The first-order valence-corrected chi connectivity index (χ1v) is 6.12. The molecular weight excluding hydrogens is 232 g/mol. The quantitative estimate of drug-likeness (QED) is 0.863. The van der Waals surface area contributed by atoms with Crippen LogP contribution in [0.25, 0.3) is 0 Å². The topological polar surface area (TPSA) is 67.4 Å². The number of amides is 1. The first-order valence-electron chi connectivity index (χ1n) is 6.12. The van der Waals surface area contributed by atoms with Crippen molar-refractivity contribution in [3.8, 4) is 0 Å². The number of ether oxygens (including phenoxy) is 1. The molecule has 0 aliphatic carbocycles. The maximum absolute atomic E-state index is 11.5. The third kappa shape index (κ3) is 3.16. The number of aromatic nitrogens is 2. The van der Waals surface area contributed by atoms with Gasteiger partial charge in [-0.05, 0) is 0 Å². The summed E-state index contributed by atoms with van der Waals surface area (Å²) in [7, 11) is 0. The zero-order valence-electron chi connectivity index (χ0n) is 10.7. The molecule has 98 valence electrons. The summed E-state index contributed by atoms with van der Waals surface area (Å²) < 4.78 is 5.27. The van der Waals surface area contributed by atoms with Gasteiger partial charge in [0, 0.05) is 19.0 Å². The molecule has 1 fully saturated rings. The summed E-state index contributed by atoms with van der Waals surface area (Å²) in [5, 5.41) is 2.76. The highest BCUT2D eigenvalue weighted by molar-refractivity contribution is 5.91. The van der Waals surface area contributed by atoms with Gasteiger partial charge in [-0.3, -0.25) is 4.79 Å². The number of hydrogen-bond donors (Lipinski definition) is 1. The molecule has 1 aliphatic heterocycles. The van der Waals surface area contributed by atoms with Gasteiger partial charge in [0.2, 0.25) is 11.9 Å². The Morgan fingerprint density at radius 2 is 1.94 bits per heavy atom. The number of anilines is 2. The van der Waals surface area contributed by atoms with Gasteiger partial charge in [-0.2, -0.15) is 0 Å². The molecular formula is C12H18N4O2. The Hall–Kier alpha value is -1.69. The summed E-state index contributed by atoms with van der Waals surface area (Å²) >= 11 is 0. The van der Waals surface area contributed by atoms with Crippen LogP contribution in [0.2, 0.25) is 0 Å². The van der Waals surface area contributed by atoms with Crippen molar-refractivity contribution in [2.24, 2.45) is 5.92 Å². The van der Waals surface area contributed by atoms with Crippen molar-refractivity contribution in [3.05, 3.63) is 12.4 Å². The van der Waals surface area contributed by atoms with Crippen molar-refractivity contribution < 1.29 is 9.53 Å². The average molecular weight is 250 g/mol. The van der Waals surface area contributed by atoms with Gasteiger partial charge in [-0.1, -0.05) is 13.8 Å². The number of carbonyl (C=O) groups excluding carboxylic acids is 1. The third-order valence-corrected chi connectivity index (χ3v) is 2.72. The average Bonchev–Trinajstić information content (AvgIpc) is 2.40. The van der Waals surface area contributed by atoms with Gasteiger partial charge in [0.15, 0.2) is 0 Å². The highest BCUT2D eigenvalue weighted by Gasteiger charge is 2.14. The van der Waals surface area contributed by atoms with E-state index in [1.807, 2.05) is 13.8 Å². The lowest BCUT2D eigenvalue weighted by Gasteiger charge is -2.26. The van der Waals surface area contributed by atoms with E-state index in [2.05, 4.69) is 20.2 Å². The second-order valence-corrected chi connectivity index (χ2v) is 4.52. The molecule has 0 saturated carbocycles. The highest BCUT2D eigenvalue weighted by atomic mass is 16.5. The number of nitrogens with one attached hydrogen (secondary N) is 1. The summed E-state index contributed by atoms with van der Waals surface area (Å²) in [5.41, 5.74) is 0.630. The second kappa shape index (κ2) is 5.77. The molecule has 0 radical (unpaired) electrons. The minimum Gasteiger partial charge on any atom is -0.378 e. The smallest absolute Gasteiger partial charge is 0.227 e. The first kappa shape index (κ1) is 12.8. The SMILES string of the molecule is CC(C)C(=O)Nc1cnc(N2CCOCC2)nc1. The molecule has 1 aliphatic rings. The van der Waals surface area contributed by atoms with E-state index in [0.29, 0.717) is 24.8 Å². The van der Waals surface area contributed by atoms with Crippen LogP contribution in [0.1, 0.15) is 13.8 Å². The number of nitrogens with zero attached hydrogens (tertiary/aromatic N) is 3. The van der Waals surface area contributed by atoms with Crippen LogP contribution in [0, 0.1) is 5.92 Å². The van der Waals surface area contributed by atoms with E-state index < -0.39 is 0 Å². The van der Waals surface area contributed by atoms with Crippen LogP contribution in [-0.2, 0) is 9.53 Å². The van der Waals surface area contributed by atoms with Crippen LogP contribution in [-0.4, -0.2) is 42.2 Å². The predicted octanol–water partition coefficient (Wildman–Crippen LogP) is 0.908. The summed E-state index contributed by atoms with van der Waals surface area (Å²) in [6.07, 6.45) is 3.27. The monoisotopic (exact) mass is 250 g/mol. The molecule has 2 heterocycles. The molecule has 1 amide bonds. The predicted molar refractivity (Wildman–Crippen MR) is 68.5 cm³/mol. The number of hydrogen-bond acceptors (Lipinski definition) is 5. The van der Waals surface area contributed by atoms with Gasteiger partial charge >= 0.3 is 0 Å². The molecule has 0 aromatic carbocycles. The van der Waals surface area contributed by atoms with Gasteiger partial charge in [0.05, 0.1) is 31.3 Å². The normalized spacial score (nSPS) is 15.8. The molecule has 1 aromatic heterocycles. The molecule has 6 heteroatoms. The second-order valence-electron chi connectivity index (χ2n) is 4.52. The van der Waals surface area contributed by atoms with Gasteiger partial charge in [-0.25, -0.2) is 9.97 Å². The molecule has 1 aromatic rings. The maximum Gasteiger partial charge on any atom is 0.227 e. The molecule has 0 unspecified atom stereocenters. The fourth-order valence-electron chi connectivity index (χ4n) is 1.60. The van der Waals surface area contributed by atoms with Crippen molar-refractivity contribution in [2.75, 3.05) is 36.5 Å². The highest BCUT2D eigenvalue weighted by Crippen LogP contribution is 2.12. The van der Waals surface area contributed by atoms with Crippen LogP contribution in [0.3, 0.4) is 0 Å². The Morgan fingerprint density at radius 3 is 2.50 bits per heavy atom. The Balaban J connectivity index is 1.98. The minimum atomic E-state index is -0.0519. The maximum atomic E-state index is 11.5. The van der Waals surface area contributed by atoms with Gasteiger partial charge in [-0.15, -0.1) is 0 Å². The lowest BCUT2D eigenvalue weighted by atomic mass is 10.2. The van der Waals surface area contributed by atoms with Crippen molar-refractivity contribution in [2.45, 2.75) is 13.8 Å². The fourth-order valence-corrected chi connectivity index (χ4v) is 1.60. The zero-order chi connectivity index (χ0) is 13.0. The van der Waals surface area contributed by atoms with E-state index >= 15 is 0 Å². The standard InChI is InChI=1S/C12H18N4O2/c1-9(2)11(17)15-10-7-13-12(14-8-10)16-3-5-18-6-4-16/h7-9H,3-6H2,1-2H3,(H,15,17). The number of carbonyl (C=O) groups is 1. The Morgan fingerprint density at radius 1 is 1.33 bits per heavy atom. The van der Waals surface area contributed by atoms with Crippen molar-refractivity contribution in [1.82, 2.24) is 9.97 Å². The van der Waals surface area contributed by atoms with Crippen LogP contribution < -0.4 is 10.2 Å². The van der Waals surface area contributed by atoms with Crippen LogP contribution in [0.4, 0.5) is 11.6 Å². The Bertz CT molecular complexity index is 399. The third-order valence-electron chi connectivity index (χ3n) is 2.72. The molecule has 18 heavy (non-hydrogen) atoms. The Labute approximate surface area is 106 Å². The lowest BCUT2D eigenvalue weighted by molar-refractivity contribution is -0.118. The molecule has 1 saturated heterocycles. The molecule has 0 bridgehead atoms. The lowest BCUT2D eigenvalue weighted by Crippen LogP contribution is -2.37. The van der Waals surface area contributed by atoms with Gasteiger partial charge in [0.1, 0.15) is 0 Å². The Kier molecular flexibility index (Phi) is 4.09. The van der Waals surface area contributed by atoms with Gasteiger partial charge in [0.25, 0.3) is 0 Å². The van der Waals surface area contributed by atoms with Crippen molar-refractivity contribution in [1.29, 1.82) is 0 Å². The van der Waals surface area contributed by atoms with Crippen molar-refractivity contribution >= 4 is 17.5 Å². The van der Waals surface area contributed by atoms with Crippen LogP contribution in [0.5, 0.6) is 0 Å². The van der Waals surface area contributed by atoms with Crippen LogP contribution >= 0.6 is 0 Å². The molecule has 1 N–H and O–H groups in total. The minimum absolute atomic E-state index is 0.0299. The molecule has 6 nitrogen and oxygen atoms in total. The first-order chi connectivity index (χ1) is 8.66. The molecule has 2 rings (SSSR count). The fraction of sp³-hybridized carbons (Fsp3) is 0.583. The largest absolute Gasteiger partial charge is 0.378 e. The number of morpholine rings is 1. The van der Waals surface area contributed by atoms with E-state index in [1.54, 1.807) is 12.4 Å². The van der Waals surface area contributed by atoms with E-state index in [-0.39, 0.29) is 11.8 Å². The summed E-state index contributed by atoms with van der Waals surface area (Å²) in [6, 6.07) is 0. The molecule has 0 spiro atoms. The van der Waals surface area contributed by atoms with E-state index in [0.717, 1.165) is 13.1 Å². The number of rotatable bonds is 3. The van der Waals surface area contributed by atoms with Gasteiger partial charge < -0.3 is 15.0 Å². The zero-order valence-corrected chi connectivity index (χ0v) is 10.7. The summed E-state index contributed by atoms with van der Waals surface area (Å²) in [4.78, 5) is 22.1. The van der Waals surface area contributed by atoms with E-state index in [9.17, 15) is 4.79 Å². The summed E-state index contributed by atoms with van der Waals surface area (Å²) in [6.45, 7) is 6.70. The van der Waals surface area contributed by atoms with E-state index in [4.69, 9.17) is 4.74 Å². The molecule has 0 atom stereocenters. The van der Waals surface area contributed by atoms with Crippen LogP contribution in [0.15, 0.2) is 12.4 Å². The summed E-state index contributed by atoms with van der Waals surface area (Å²) in [5.74, 6) is 0.600.